The van der Waals surface area contributed by atoms with Crippen LogP contribution in [0.5, 0.6) is 0 Å². The molecule has 0 saturated heterocycles. The Bertz CT molecular complexity index is 438. The smallest absolute Gasteiger partial charge is 0.141 e. The van der Waals surface area contributed by atoms with E-state index in [-0.39, 0.29) is 0 Å². The maximum atomic E-state index is 13.1. The number of hydrogen-bond donors (Lipinski definition) is 0. The van der Waals surface area contributed by atoms with Gasteiger partial charge in [-0.1, -0.05) is 15.9 Å². The van der Waals surface area contributed by atoms with Crippen molar-refractivity contribution in [1.82, 2.24) is 4.37 Å². The van der Waals surface area contributed by atoms with Crippen molar-refractivity contribution in [1.29, 1.82) is 0 Å². The number of alkyl halides is 1. The van der Waals surface area contributed by atoms with Crippen LogP contribution in [0.2, 0.25) is 0 Å². The van der Waals surface area contributed by atoms with Gasteiger partial charge in [-0.25, -0.2) is 4.39 Å². The first-order chi connectivity index (χ1) is 6.18. The summed E-state index contributed by atoms with van der Waals surface area (Å²) in [6.07, 6.45) is -0.997. The first-order valence-electron chi connectivity index (χ1n) is 3.87. The average molecular weight is 260 g/mol. The van der Waals surface area contributed by atoms with E-state index < -0.39 is 6.17 Å². The Morgan fingerprint density at radius 2 is 2.31 bits per heavy atom. The molecule has 1 aromatic heterocycles. The van der Waals surface area contributed by atoms with E-state index in [0.29, 0.717) is 5.69 Å². The van der Waals surface area contributed by atoms with Crippen LogP contribution in [0.15, 0.2) is 22.7 Å². The summed E-state index contributed by atoms with van der Waals surface area (Å²) in [4.78, 5) is 0. The lowest BCUT2D eigenvalue weighted by molar-refractivity contribution is 0.370. The molecule has 1 unspecified atom stereocenters. The molecule has 0 saturated carbocycles. The molecule has 0 amide bonds. The van der Waals surface area contributed by atoms with Gasteiger partial charge in [0.25, 0.3) is 0 Å². The molecule has 4 heteroatoms. The quantitative estimate of drug-likeness (QED) is 0.752. The van der Waals surface area contributed by atoms with Crippen molar-refractivity contribution < 1.29 is 4.39 Å². The zero-order valence-corrected chi connectivity index (χ0v) is 9.32. The lowest BCUT2D eigenvalue weighted by atomic mass is 10.2. The number of fused-ring (bicyclic) bond motifs is 1. The Hall–Kier alpha value is -0.480. The summed E-state index contributed by atoms with van der Waals surface area (Å²) in [5.74, 6) is 0. The molecule has 0 radical (unpaired) electrons. The van der Waals surface area contributed by atoms with E-state index in [1.165, 1.54) is 18.5 Å². The van der Waals surface area contributed by atoms with Gasteiger partial charge in [0.15, 0.2) is 0 Å². The summed E-state index contributed by atoms with van der Waals surface area (Å²) in [6, 6.07) is 5.79. The zero-order chi connectivity index (χ0) is 9.42. The van der Waals surface area contributed by atoms with Gasteiger partial charge in [0.1, 0.15) is 6.17 Å². The van der Waals surface area contributed by atoms with Crippen molar-refractivity contribution in [2.24, 2.45) is 0 Å². The summed E-state index contributed by atoms with van der Waals surface area (Å²) in [6.45, 7) is 1.51. The lowest BCUT2D eigenvalue weighted by Gasteiger charge is -1.97. The number of aromatic nitrogens is 1. The molecule has 1 nitrogen and oxygen atoms in total. The van der Waals surface area contributed by atoms with E-state index in [1.54, 1.807) is 0 Å². The molecule has 2 aromatic rings. The molecule has 0 spiro atoms. The molecule has 0 fully saturated rings. The van der Waals surface area contributed by atoms with Gasteiger partial charge in [-0.3, -0.25) is 0 Å². The molecule has 1 aromatic carbocycles. The predicted molar refractivity (Wildman–Crippen MR) is 56.8 cm³/mol. The van der Waals surface area contributed by atoms with Crippen molar-refractivity contribution in [2.45, 2.75) is 13.1 Å². The van der Waals surface area contributed by atoms with Crippen molar-refractivity contribution in [3.8, 4) is 0 Å². The van der Waals surface area contributed by atoms with Gasteiger partial charge in [-0.15, -0.1) is 0 Å². The third-order valence-electron chi connectivity index (χ3n) is 1.84. The summed E-state index contributed by atoms with van der Waals surface area (Å²) < 4.78 is 19.1. The highest BCUT2D eigenvalue weighted by Gasteiger charge is 2.11. The van der Waals surface area contributed by atoms with Gasteiger partial charge in [0.2, 0.25) is 0 Å². The predicted octanol–water partition coefficient (Wildman–Crippen LogP) is 4.09. The minimum atomic E-state index is -0.997. The van der Waals surface area contributed by atoms with E-state index in [2.05, 4.69) is 20.3 Å². The highest BCUT2D eigenvalue weighted by atomic mass is 79.9. The first-order valence-corrected chi connectivity index (χ1v) is 5.44. The number of benzene rings is 1. The van der Waals surface area contributed by atoms with Crippen molar-refractivity contribution in [3.05, 3.63) is 28.4 Å². The Balaban J connectivity index is 2.71. The molecular formula is C9H7BrFNS. The van der Waals surface area contributed by atoms with Gasteiger partial charge in [0, 0.05) is 9.86 Å². The SMILES string of the molecule is CC(F)c1nsc2ccc(Br)cc12. The summed E-state index contributed by atoms with van der Waals surface area (Å²) >= 11 is 4.69. The largest absolute Gasteiger partial charge is 0.241 e. The monoisotopic (exact) mass is 259 g/mol. The molecule has 0 aliphatic rings. The second kappa shape index (κ2) is 3.35. The molecule has 13 heavy (non-hydrogen) atoms. The highest BCUT2D eigenvalue weighted by molar-refractivity contribution is 9.10. The highest BCUT2D eigenvalue weighted by Crippen LogP contribution is 2.30. The average Bonchev–Trinajstić information content (AvgIpc) is 2.46. The van der Waals surface area contributed by atoms with Crippen LogP contribution in [0.4, 0.5) is 4.39 Å². The van der Waals surface area contributed by atoms with Crippen LogP contribution >= 0.6 is 27.5 Å². The third kappa shape index (κ3) is 1.60. The molecule has 0 N–H and O–H groups in total. The first kappa shape index (κ1) is 9.09. The van der Waals surface area contributed by atoms with Crippen LogP contribution < -0.4 is 0 Å². The van der Waals surface area contributed by atoms with E-state index in [4.69, 9.17) is 0 Å². The Morgan fingerprint density at radius 1 is 1.54 bits per heavy atom. The molecule has 1 heterocycles. The molecule has 2 rings (SSSR count). The van der Waals surface area contributed by atoms with E-state index >= 15 is 0 Å². The standard InChI is InChI=1S/C9H7BrFNS/c1-5(11)9-7-4-6(10)2-3-8(7)13-12-9/h2-5H,1H3. The van der Waals surface area contributed by atoms with Crippen LogP contribution in [0.3, 0.4) is 0 Å². The van der Waals surface area contributed by atoms with Crippen LogP contribution in [0.25, 0.3) is 10.1 Å². The van der Waals surface area contributed by atoms with E-state index in [9.17, 15) is 4.39 Å². The Labute approximate surface area is 87.9 Å². The zero-order valence-electron chi connectivity index (χ0n) is 6.92. The maximum Gasteiger partial charge on any atom is 0.141 e. The Morgan fingerprint density at radius 3 is 3.00 bits per heavy atom. The van der Waals surface area contributed by atoms with Crippen LogP contribution in [-0.2, 0) is 0 Å². The minimum Gasteiger partial charge on any atom is -0.241 e. The van der Waals surface area contributed by atoms with Crippen molar-refractivity contribution in [2.75, 3.05) is 0 Å². The van der Waals surface area contributed by atoms with Crippen LogP contribution in [-0.4, -0.2) is 4.37 Å². The van der Waals surface area contributed by atoms with E-state index in [0.717, 1.165) is 14.6 Å². The molecular weight excluding hydrogens is 253 g/mol. The number of hydrogen-bond acceptors (Lipinski definition) is 2. The molecule has 0 aliphatic carbocycles. The normalized spacial score (nSPS) is 13.5. The van der Waals surface area contributed by atoms with Gasteiger partial charge >= 0.3 is 0 Å². The minimum absolute atomic E-state index is 0.543. The second-order valence-corrected chi connectivity index (χ2v) is 4.54. The molecule has 0 bridgehead atoms. The topological polar surface area (TPSA) is 12.9 Å². The third-order valence-corrected chi connectivity index (χ3v) is 3.17. The van der Waals surface area contributed by atoms with Gasteiger partial charge in [-0.2, -0.15) is 4.37 Å². The fourth-order valence-electron chi connectivity index (χ4n) is 1.22. The number of halogens is 2. The summed E-state index contributed by atoms with van der Waals surface area (Å²) in [7, 11) is 0. The van der Waals surface area contributed by atoms with Crippen LogP contribution in [0.1, 0.15) is 18.8 Å². The van der Waals surface area contributed by atoms with E-state index in [1.807, 2.05) is 18.2 Å². The van der Waals surface area contributed by atoms with Crippen molar-refractivity contribution >= 4 is 37.5 Å². The molecule has 0 aliphatic heterocycles. The fourth-order valence-corrected chi connectivity index (χ4v) is 2.41. The van der Waals surface area contributed by atoms with Gasteiger partial charge in [-0.05, 0) is 36.7 Å². The summed E-state index contributed by atoms with van der Waals surface area (Å²) in [5, 5.41) is 0.911. The Kier molecular flexibility index (Phi) is 2.34. The van der Waals surface area contributed by atoms with Gasteiger partial charge in [0.05, 0.1) is 10.4 Å². The number of nitrogens with zero attached hydrogens (tertiary/aromatic N) is 1. The second-order valence-electron chi connectivity index (χ2n) is 2.82. The fraction of sp³-hybridized carbons (Fsp3) is 0.222. The summed E-state index contributed by atoms with van der Waals surface area (Å²) in [5.41, 5.74) is 0.543. The van der Waals surface area contributed by atoms with Crippen molar-refractivity contribution in [3.63, 3.8) is 0 Å². The van der Waals surface area contributed by atoms with Gasteiger partial charge < -0.3 is 0 Å². The number of rotatable bonds is 1. The molecule has 68 valence electrons. The lowest BCUT2D eigenvalue weighted by Crippen LogP contribution is -1.84. The van der Waals surface area contributed by atoms with Crippen LogP contribution in [0, 0.1) is 0 Å². The maximum absolute atomic E-state index is 13.1. The molecule has 1 atom stereocenters.